The van der Waals surface area contributed by atoms with Gasteiger partial charge in [0.25, 0.3) is 6.02 Å². The van der Waals surface area contributed by atoms with Crippen LogP contribution < -0.4 is 11.1 Å². The number of aliphatic imine (C=N–C) groups is 1. The van der Waals surface area contributed by atoms with E-state index in [4.69, 9.17) is 17.3 Å². The number of hydrogen-bond donors (Lipinski definition) is 2. The number of fused-ring (bicyclic) bond motifs is 1. The van der Waals surface area contributed by atoms with Gasteiger partial charge in [0.2, 0.25) is 0 Å². The van der Waals surface area contributed by atoms with Crippen LogP contribution in [-0.4, -0.2) is 39.9 Å². The standard InChI is InChI=1S/C20H16ClF5N6O/c1-9-2-11(31-17-16-13(29-8-30-17)3-10(21)6-28-16)4-12(15(9)23)19(7-22)5-14(20(24,25)26)33-18(27)32-19/h2-4,6,8,14H,5,7H2,1H3,(H2,27,32)(H,29,30,31). The van der Waals surface area contributed by atoms with Crippen molar-refractivity contribution >= 4 is 40.2 Å². The Hall–Kier alpha value is -3.28. The first kappa shape index (κ1) is 22.9. The zero-order chi connectivity index (χ0) is 24.0. The molecule has 13 heteroatoms. The van der Waals surface area contributed by atoms with Crippen molar-refractivity contribution in [2.45, 2.75) is 31.2 Å². The highest BCUT2D eigenvalue weighted by Crippen LogP contribution is 2.43. The molecule has 0 spiro atoms. The summed E-state index contributed by atoms with van der Waals surface area (Å²) in [7, 11) is 0. The maximum atomic E-state index is 15.1. The molecule has 0 fully saturated rings. The van der Waals surface area contributed by atoms with Gasteiger partial charge in [0.15, 0.2) is 11.9 Å². The van der Waals surface area contributed by atoms with Gasteiger partial charge < -0.3 is 15.8 Å². The predicted octanol–water partition coefficient (Wildman–Crippen LogP) is 4.70. The molecular formula is C20H16ClF5N6O. The second kappa shape index (κ2) is 8.25. The number of anilines is 2. The van der Waals surface area contributed by atoms with Crippen LogP contribution in [0.3, 0.4) is 0 Å². The molecule has 1 aliphatic rings. The number of hydrogen-bond acceptors (Lipinski definition) is 7. The van der Waals surface area contributed by atoms with Gasteiger partial charge in [0, 0.05) is 23.9 Å². The summed E-state index contributed by atoms with van der Waals surface area (Å²) in [4.78, 5) is 16.1. The molecule has 7 nitrogen and oxygen atoms in total. The molecule has 3 N–H and O–H groups in total. The largest absolute Gasteiger partial charge is 0.452 e. The second-order valence-electron chi connectivity index (χ2n) is 7.49. The van der Waals surface area contributed by atoms with E-state index < -0.39 is 48.3 Å². The number of rotatable bonds is 4. The van der Waals surface area contributed by atoms with Crippen LogP contribution in [0, 0.1) is 12.7 Å². The Morgan fingerprint density at radius 1 is 1.24 bits per heavy atom. The number of nitrogens with one attached hydrogen (secondary N) is 1. The van der Waals surface area contributed by atoms with Crippen molar-refractivity contribution in [3.05, 3.63) is 52.7 Å². The van der Waals surface area contributed by atoms with E-state index in [1.807, 2.05) is 0 Å². The van der Waals surface area contributed by atoms with Gasteiger partial charge >= 0.3 is 6.18 Å². The number of nitrogens with zero attached hydrogens (tertiary/aromatic N) is 4. The van der Waals surface area contributed by atoms with Gasteiger partial charge in [-0.3, -0.25) is 0 Å². The van der Waals surface area contributed by atoms with Crippen LogP contribution in [0.15, 0.2) is 35.7 Å². The maximum Gasteiger partial charge on any atom is 0.425 e. The van der Waals surface area contributed by atoms with E-state index in [0.29, 0.717) is 16.1 Å². The first-order valence-corrected chi connectivity index (χ1v) is 9.89. The number of alkyl halides is 4. The van der Waals surface area contributed by atoms with Crippen LogP contribution in [0.5, 0.6) is 0 Å². The van der Waals surface area contributed by atoms with Crippen LogP contribution in [-0.2, 0) is 10.3 Å². The highest BCUT2D eigenvalue weighted by Gasteiger charge is 2.52. The van der Waals surface area contributed by atoms with Gasteiger partial charge in [-0.1, -0.05) is 11.6 Å². The highest BCUT2D eigenvalue weighted by atomic mass is 35.5. The average Bonchev–Trinajstić information content (AvgIpc) is 2.75. The van der Waals surface area contributed by atoms with E-state index >= 15 is 4.39 Å². The molecule has 1 aliphatic heterocycles. The van der Waals surface area contributed by atoms with E-state index in [1.165, 1.54) is 31.6 Å². The van der Waals surface area contributed by atoms with E-state index in [2.05, 4.69) is 30.0 Å². The Morgan fingerprint density at radius 3 is 2.70 bits per heavy atom. The highest BCUT2D eigenvalue weighted by molar-refractivity contribution is 6.31. The number of benzene rings is 1. The number of ether oxygens (including phenoxy) is 1. The van der Waals surface area contributed by atoms with Crippen molar-refractivity contribution in [2.24, 2.45) is 10.7 Å². The summed E-state index contributed by atoms with van der Waals surface area (Å²) < 4.78 is 73.9. The molecule has 0 bridgehead atoms. The summed E-state index contributed by atoms with van der Waals surface area (Å²) in [6.45, 7) is -0.0420. The maximum absolute atomic E-state index is 15.1. The molecule has 0 saturated carbocycles. The van der Waals surface area contributed by atoms with Gasteiger partial charge in [-0.2, -0.15) is 13.2 Å². The fourth-order valence-electron chi connectivity index (χ4n) is 3.61. The van der Waals surface area contributed by atoms with Crippen molar-refractivity contribution < 1.29 is 26.7 Å². The zero-order valence-corrected chi connectivity index (χ0v) is 17.7. The van der Waals surface area contributed by atoms with Crippen LogP contribution in [0.4, 0.5) is 33.5 Å². The average molecular weight is 487 g/mol. The van der Waals surface area contributed by atoms with Gasteiger partial charge in [0.1, 0.15) is 29.9 Å². The minimum absolute atomic E-state index is 0.0426. The molecule has 4 rings (SSSR count). The minimum Gasteiger partial charge on any atom is -0.452 e. The van der Waals surface area contributed by atoms with Crippen molar-refractivity contribution in [1.29, 1.82) is 0 Å². The third kappa shape index (κ3) is 4.34. The summed E-state index contributed by atoms with van der Waals surface area (Å²) >= 11 is 5.93. The Labute approximate surface area is 188 Å². The first-order valence-electron chi connectivity index (χ1n) is 9.51. The van der Waals surface area contributed by atoms with E-state index in [1.54, 1.807) is 6.07 Å². The summed E-state index contributed by atoms with van der Waals surface area (Å²) in [5.41, 5.74) is 3.82. The normalized spacial score (nSPS) is 20.9. The van der Waals surface area contributed by atoms with Gasteiger partial charge in [0.05, 0.1) is 10.5 Å². The topological polar surface area (TPSA) is 98.3 Å². The van der Waals surface area contributed by atoms with E-state index in [-0.39, 0.29) is 17.1 Å². The first-order chi connectivity index (χ1) is 15.5. The van der Waals surface area contributed by atoms with E-state index in [0.717, 1.165) is 0 Å². The number of pyridine rings is 1. The molecule has 174 valence electrons. The molecule has 0 radical (unpaired) electrons. The number of aromatic nitrogens is 3. The minimum atomic E-state index is -4.85. The Bertz CT molecular complexity index is 1250. The van der Waals surface area contributed by atoms with Crippen molar-refractivity contribution in [1.82, 2.24) is 15.0 Å². The van der Waals surface area contributed by atoms with Crippen LogP contribution >= 0.6 is 11.6 Å². The van der Waals surface area contributed by atoms with Gasteiger partial charge in [-0.15, -0.1) is 0 Å². The molecule has 3 aromatic rings. The smallest absolute Gasteiger partial charge is 0.425 e. The fourth-order valence-corrected chi connectivity index (χ4v) is 3.77. The number of amidine groups is 1. The lowest BCUT2D eigenvalue weighted by Gasteiger charge is -2.37. The van der Waals surface area contributed by atoms with Crippen LogP contribution in [0.2, 0.25) is 5.02 Å². The molecule has 33 heavy (non-hydrogen) atoms. The Kier molecular flexibility index (Phi) is 5.72. The van der Waals surface area contributed by atoms with Crippen LogP contribution in [0.25, 0.3) is 11.0 Å². The molecule has 3 heterocycles. The molecule has 1 aromatic carbocycles. The quantitative estimate of drug-likeness (QED) is 0.519. The fraction of sp³-hybridized carbons (Fsp3) is 0.300. The van der Waals surface area contributed by atoms with Crippen molar-refractivity contribution in [2.75, 3.05) is 12.0 Å². The molecule has 0 amide bonds. The number of halogens is 6. The van der Waals surface area contributed by atoms with Gasteiger partial charge in [-0.05, 0) is 30.7 Å². The van der Waals surface area contributed by atoms with Gasteiger partial charge in [-0.25, -0.2) is 28.7 Å². The van der Waals surface area contributed by atoms with Crippen LogP contribution in [0.1, 0.15) is 17.5 Å². The summed E-state index contributed by atoms with van der Waals surface area (Å²) in [6, 6.07) is 3.25. The summed E-state index contributed by atoms with van der Waals surface area (Å²) in [5, 5.41) is 3.28. The molecule has 2 atom stereocenters. The third-order valence-electron chi connectivity index (χ3n) is 5.16. The molecule has 2 aromatic heterocycles. The number of aryl methyl sites for hydroxylation is 1. The molecule has 2 unspecified atom stereocenters. The zero-order valence-electron chi connectivity index (χ0n) is 16.9. The molecular weight excluding hydrogens is 471 g/mol. The number of nitrogens with two attached hydrogens (primary N) is 1. The SMILES string of the molecule is Cc1cc(Nc2ncnc3cc(Cl)cnc23)cc(C2(CF)CC(C(F)(F)F)OC(N)=N2)c1F. The Morgan fingerprint density at radius 2 is 2.00 bits per heavy atom. The third-order valence-corrected chi connectivity index (χ3v) is 5.36. The Balaban J connectivity index is 1.80. The monoisotopic (exact) mass is 486 g/mol. The van der Waals surface area contributed by atoms with Crippen molar-refractivity contribution in [3.63, 3.8) is 0 Å². The predicted molar refractivity (Wildman–Crippen MR) is 112 cm³/mol. The lowest BCUT2D eigenvalue weighted by atomic mass is 9.83. The molecule has 0 aliphatic carbocycles. The lowest BCUT2D eigenvalue weighted by molar-refractivity contribution is -0.209. The lowest BCUT2D eigenvalue weighted by Crippen LogP contribution is -2.48. The second-order valence-corrected chi connectivity index (χ2v) is 7.93. The van der Waals surface area contributed by atoms with E-state index in [9.17, 15) is 17.6 Å². The summed E-state index contributed by atoms with van der Waals surface area (Å²) in [6.07, 6.45) is -5.64. The molecule has 0 saturated heterocycles. The van der Waals surface area contributed by atoms with Crippen molar-refractivity contribution in [3.8, 4) is 0 Å². The summed E-state index contributed by atoms with van der Waals surface area (Å²) in [5.74, 6) is -0.680.